The molecule has 3 heteroatoms. The van der Waals surface area contributed by atoms with Gasteiger partial charge in [-0.25, -0.2) is 4.39 Å². The Labute approximate surface area is 127 Å². The largest absolute Gasteiger partial charge is 0.383 e. The summed E-state index contributed by atoms with van der Waals surface area (Å²) in [6.45, 7) is 2.15. The molecule has 0 bridgehead atoms. The van der Waals surface area contributed by atoms with Gasteiger partial charge in [-0.1, -0.05) is 37.6 Å². The average Bonchev–Trinajstić information content (AvgIpc) is 2.90. The van der Waals surface area contributed by atoms with Crippen LogP contribution in [0.1, 0.15) is 35.5 Å². The molecule has 1 unspecified atom stereocenters. The molecular formula is C18H17FOS. The van der Waals surface area contributed by atoms with Gasteiger partial charge in [-0.3, -0.25) is 0 Å². The molecule has 0 aliphatic rings. The fourth-order valence-electron chi connectivity index (χ4n) is 2.49. The molecule has 1 atom stereocenters. The summed E-state index contributed by atoms with van der Waals surface area (Å²) in [6.07, 6.45) is 1.52. The molecule has 3 aromatic rings. The first-order valence-electron chi connectivity index (χ1n) is 7.13. The number of aliphatic hydroxyl groups excluding tert-OH is 1. The third kappa shape index (κ3) is 2.99. The topological polar surface area (TPSA) is 20.2 Å². The molecule has 21 heavy (non-hydrogen) atoms. The molecule has 1 heterocycles. The van der Waals surface area contributed by atoms with Crippen LogP contribution < -0.4 is 0 Å². The molecule has 2 aromatic carbocycles. The maximum atomic E-state index is 13.2. The number of halogens is 1. The van der Waals surface area contributed by atoms with Crippen molar-refractivity contribution >= 4 is 21.4 Å². The van der Waals surface area contributed by atoms with Gasteiger partial charge in [-0.2, -0.15) is 0 Å². The Kier molecular flexibility index (Phi) is 4.04. The Balaban J connectivity index is 1.90. The van der Waals surface area contributed by atoms with E-state index in [1.54, 1.807) is 6.07 Å². The van der Waals surface area contributed by atoms with Gasteiger partial charge in [0.05, 0.1) is 0 Å². The van der Waals surface area contributed by atoms with Crippen LogP contribution in [0, 0.1) is 5.82 Å². The van der Waals surface area contributed by atoms with Gasteiger partial charge in [0, 0.05) is 9.58 Å². The van der Waals surface area contributed by atoms with Crippen LogP contribution in [0.25, 0.3) is 10.1 Å². The lowest BCUT2D eigenvalue weighted by molar-refractivity contribution is 0.224. The van der Waals surface area contributed by atoms with Crippen LogP contribution in [0.15, 0.2) is 48.5 Å². The van der Waals surface area contributed by atoms with Gasteiger partial charge in [0.2, 0.25) is 0 Å². The second kappa shape index (κ2) is 5.96. The zero-order chi connectivity index (χ0) is 14.8. The van der Waals surface area contributed by atoms with Crippen LogP contribution in [-0.4, -0.2) is 5.11 Å². The standard InChI is InChI=1S/C18H17FOS/c1-2-3-12-4-6-13(7-5-12)18(20)17-11-14-10-15(19)8-9-16(14)21-17/h4-11,18,20H,2-3H2,1H3. The van der Waals surface area contributed by atoms with Crippen molar-refractivity contribution in [1.82, 2.24) is 0 Å². The van der Waals surface area contributed by atoms with Crippen molar-refractivity contribution in [2.24, 2.45) is 0 Å². The van der Waals surface area contributed by atoms with Gasteiger partial charge < -0.3 is 5.11 Å². The van der Waals surface area contributed by atoms with Gasteiger partial charge in [-0.15, -0.1) is 11.3 Å². The van der Waals surface area contributed by atoms with E-state index in [9.17, 15) is 9.50 Å². The molecule has 0 aliphatic heterocycles. The Morgan fingerprint density at radius 2 is 1.86 bits per heavy atom. The molecule has 0 saturated heterocycles. The van der Waals surface area contributed by atoms with Crippen LogP contribution >= 0.6 is 11.3 Å². The Morgan fingerprint density at radius 3 is 2.57 bits per heavy atom. The Morgan fingerprint density at radius 1 is 1.10 bits per heavy atom. The SMILES string of the molecule is CCCc1ccc(C(O)c2cc3cc(F)ccc3s2)cc1. The highest BCUT2D eigenvalue weighted by Crippen LogP contribution is 2.33. The van der Waals surface area contributed by atoms with Gasteiger partial charge >= 0.3 is 0 Å². The lowest BCUT2D eigenvalue weighted by atomic mass is 10.0. The van der Waals surface area contributed by atoms with E-state index in [2.05, 4.69) is 19.1 Å². The molecule has 0 saturated carbocycles. The van der Waals surface area contributed by atoms with E-state index in [0.29, 0.717) is 0 Å². The lowest BCUT2D eigenvalue weighted by Gasteiger charge is -2.09. The van der Waals surface area contributed by atoms with Gasteiger partial charge in [0.1, 0.15) is 11.9 Å². The summed E-state index contributed by atoms with van der Waals surface area (Å²) in [7, 11) is 0. The monoisotopic (exact) mass is 300 g/mol. The van der Waals surface area contributed by atoms with Crippen LogP contribution in [0.4, 0.5) is 4.39 Å². The number of rotatable bonds is 4. The summed E-state index contributed by atoms with van der Waals surface area (Å²) >= 11 is 1.51. The number of benzene rings is 2. The Bertz CT molecular complexity index is 746. The maximum absolute atomic E-state index is 13.2. The molecular weight excluding hydrogens is 283 g/mol. The first kappa shape index (κ1) is 14.2. The van der Waals surface area contributed by atoms with Crippen LogP contribution in [-0.2, 0) is 6.42 Å². The second-order valence-electron chi connectivity index (χ2n) is 5.23. The quantitative estimate of drug-likeness (QED) is 0.713. The fraction of sp³-hybridized carbons (Fsp3) is 0.222. The van der Waals surface area contributed by atoms with E-state index in [1.165, 1.54) is 29.0 Å². The van der Waals surface area contributed by atoms with Gasteiger partial charge in [0.25, 0.3) is 0 Å². The highest BCUT2D eigenvalue weighted by atomic mass is 32.1. The van der Waals surface area contributed by atoms with Crippen molar-refractivity contribution in [2.45, 2.75) is 25.9 Å². The molecule has 0 aliphatic carbocycles. The summed E-state index contributed by atoms with van der Waals surface area (Å²) in [5, 5.41) is 11.3. The van der Waals surface area contributed by atoms with Crippen molar-refractivity contribution in [3.63, 3.8) is 0 Å². The normalized spacial score (nSPS) is 12.7. The summed E-state index contributed by atoms with van der Waals surface area (Å²) in [6, 6.07) is 14.7. The van der Waals surface area contributed by atoms with E-state index in [-0.39, 0.29) is 5.82 Å². The average molecular weight is 300 g/mol. The van der Waals surface area contributed by atoms with Crippen molar-refractivity contribution in [1.29, 1.82) is 0 Å². The van der Waals surface area contributed by atoms with E-state index in [1.807, 2.05) is 18.2 Å². The lowest BCUT2D eigenvalue weighted by Crippen LogP contribution is -1.97. The first-order valence-corrected chi connectivity index (χ1v) is 7.95. The third-order valence-electron chi connectivity index (χ3n) is 3.60. The number of thiophene rings is 1. The number of fused-ring (bicyclic) bond motifs is 1. The van der Waals surface area contributed by atoms with E-state index in [0.717, 1.165) is 33.4 Å². The number of hydrogen-bond donors (Lipinski definition) is 1. The molecule has 0 spiro atoms. The van der Waals surface area contributed by atoms with Crippen molar-refractivity contribution in [3.05, 3.63) is 70.4 Å². The minimum atomic E-state index is -0.652. The zero-order valence-electron chi connectivity index (χ0n) is 11.8. The predicted molar refractivity (Wildman–Crippen MR) is 86.3 cm³/mol. The molecule has 1 nitrogen and oxygen atoms in total. The van der Waals surface area contributed by atoms with Crippen molar-refractivity contribution < 1.29 is 9.50 Å². The molecule has 3 rings (SSSR count). The van der Waals surface area contributed by atoms with E-state index >= 15 is 0 Å². The molecule has 1 aromatic heterocycles. The van der Waals surface area contributed by atoms with Crippen molar-refractivity contribution in [3.8, 4) is 0 Å². The molecule has 0 amide bonds. The number of aryl methyl sites for hydroxylation is 1. The summed E-state index contributed by atoms with van der Waals surface area (Å²) in [5.41, 5.74) is 2.16. The van der Waals surface area contributed by atoms with E-state index in [4.69, 9.17) is 0 Å². The zero-order valence-corrected chi connectivity index (χ0v) is 12.7. The Hall–Kier alpha value is -1.71. The number of hydrogen-bond acceptors (Lipinski definition) is 2. The fourth-order valence-corrected chi connectivity index (χ4v) is 3.55. The predicted octanol–water partition coefficient (Wildman–Crippen LogP) is 5.07. The van der Waals surface area contributed by atoms with Gasteiger partial charge in [-0.05, 0) is 47.2 Å². The maximum Gasteiger partial charge on any atom is 0.123 e. The second-order valence-corrected chi connectivity index (χ2v) is 6.34. The highest BCUT2D eigenvalue weighted by molar-refractivity contribution is 7.19. The van der Waals surface area contributed by atoms with Crippen molar-refractivity contribution in [2.75, 3.05) is 0 Å². The minimum absolute atomic E-state index is 0.245. The number of aliphatic hydroxyl groups is 1. The minimum Gasteiger partial charge on any atom is -0.383 e. The van der Waals surface area contributed by atoms with Crippen LogP contribution in [0.5, 0.6) is 0 Å². The molecule has 0 radical (unpaired) electrons. The van der Waals surface area contributed by atoms with E-state index < -0.39 is 6.10 Å². The summed E-state index contributed by atoms with van der Waals surface area (Å²) in [5.74, 6) is -0.245. The third-order valence-corrected chi connectivity index (χ3v) is 4.77. The summed E-state index contributed by atoms with van der Waals surface area (Å²) in [4.78, 5) is 0.846. The van der Waals surface area contributed by atoms with Crippen LogP contribution in [0.2, 0.25) is 0 Å². The highest BCUT2D eigenvalue weighted by Gasteiger charge is 2.14. The van der Waals surface area contributed by atoms with Crippen LogP contribution in [0.3, 0.4) is 0 Å². The molecule has 1 N–H and O–H groups in total. The molecule has 0 fully saturated rings. The molecule has 108 valence electrons. The first-order chi connectivity index (χ1) is 10.2. The smallest absolute Gasteiger partial charge is 0.123 e. The summed E-state index contributed by atoms with van der Waals surface area (Å²) < 4.78 is 14.2. The van der Waals surface area contributed by atoms with Gasteiger partial charge in [0.15, 0.2) is 0 Å².